The fourth-order valence-electron chi connectivity index (χ4n) is 2.80. The molecule has 0 radical (unpaired) electrons. The molecular weight excluding hydrogens is 493 g/mol. The Balaban J connectivity index is 0.00000256. The van der Waals surface area contributed by atoms with E-state index in [0.29, 0.717) is 5.56 Å². The summed E-state index contributed by atoms with van der Waals surface area (Å²) in [4.78, 5) is 16.5. The summed E-state index contributed by atoms with van der Waals surface area (Å²) in [5.74, 6) is -5.95. The molecule has 3 rings (SSSR count). The predicted molar refractivity (Wildman–Crippen MR) is 121 cm³/mol. The summed E-state index contributed by atoms with van der Waals surface area (Å²) in [6.45, 7) is 0.138. The number of nitrogens with zero attached hydrogens (tertiary/aromatic N) is 1. The van der Waals surface area contributed by atoms with E-state index in [1.54, 1.807) is 0 Å². The molecule has 0 aliphatic heterocycles. The lowest BCUT2D eigenvalue weighted by molar-refractivity contribution is 0.102. The van der Waals surface area contributed by atoms with E-state index < -0.39 is 45.9 Å². The molecule has 0 aliphatic carbocycles. The summed E-state index contributed by atoms with van der Waals surface area (Å²) in [7, 11) is 0. The number of nitrogens with one attached hydrogen (secondary N) is 1. The summed E-state index contributed by atoms with van der Waals surface area (Å²) in [5, 5.41) is 2.64. The number of aromatic nitrogens is 1. The fraction of sp³-hybridized carbons (Fsp3) is 0.0476. The van der Waals surface area contributed by atoms with Gasteiger partial charge in [-0.15, -0.1) is 24.8 Å². The molecule has 11 heteroatoms. The zero-order chi connectivity index (χ0) is 21.8. The Morgan fingerprint density at radius 3 is 2.22 bits per heavy atom. The van der Waals surface area contributed by atoms with E-state index in [1.165, 1.54) is 24.5 Å². The van der Waals surface area contributed by atoms with Crippen molar-refractivity contribution in [3.8, 4) is 11.1 Å². The zero-order valence-electron chi connectivity index (χ0n) is 16.0. The Bertz CT molecular complexity index is 1140. The quantitative estimate of drug-likeness (QED) is 0.419. The average Bonchev–Trinajstić information content (AvgIpc) is 2.70. The minimum atomic E-state index is -1.41. The van der Waals surface area contributed by atoms with Crippen LogP contribution < -0.4 is 11.1 Å². The van der Waals surface area contributed by atoms with Gasteiger partial charge in [0.15, 0.2) is 0 Å². The first-order valence-electron chi connectivity index (χ1n) is 8.59. The summed E-state index contributed by atoms with van der Waals surface area (Å²) >= 11 is 6.13. The molecule has 0 unspecified atom stereocenters. The van der Waals surface area contributed by atoms with E-state index >= 15 is 4.39 Å². The maximum absolute atomic E-state index is 15.0. The molecular formula is C21H16Cl3F4N3O. The standard InChI is InChI=1S/C21H14ClF4N3O.2ClH/c22-13(6-8-27)11-7-9-28-10-17(11)29-21(30)12-4-5-16(25)19(20(12)26)18-14(23)2-1-3-15(18)24;;/h1-7,9-10H,8,27H2,(H,29,30);2*1H/b13-6-;;. The van der Waals surface area contributed by atoms with Crippen LogP contribution >= 0.6 is 36.4 Å². The van der Waals surface area contributed by atoms with Crippen LogP contribution in [0.2, 0.25) is 0 Å². The monoisotopic (exact) mass is 507 g/mol. The lowest BCUT2D eigenvalue weighted by atomic mass is 9.99. The highest BCUT2D eigenvalue weighted by Crippen LogP contribution is 2.33. The number of hydrogen-bond donors (Lipinski definition) is 2. The number of anilines is 1. The third-order valence-electron chi connectivity index (χ3n) is 4.17. The summed E-state index contributed by atoms with van der Waals surface area (Å²) < 4.78 is 57.4. The summed E-state index contributed by atoms with van der Waals surface area (Å²) in [5.41, 5.74) is 3.43. The number of benzene rings is 2. The van der Waals surface area contributed by atoms with Crippen molar-refractivity contribution in [1.82, 2.24) is 4.98 Å². The smallest absolute Gasteiger partial charge is 0.258 e. The molecule has 3 N–H and O–H groups in total. The number of rotatable bonds is 5. The molecule has 1 aromatic heterocycles. The van der Waals surface area contributed by atoms with Crippen molar-refractivity contribution in [2.24, 2.45) is 5.73 Å². The van der Waals surface area contributed by atoms with Gasteiger partial charge in [0.05, 0.1) is 28.6 Å². The molecule has 0 aliphatic rings. The molecule has 32 heavy (non-hydrogen) atoms. The number of halogens is 7. The van der Waals surface area contributed by atoms with Gasteiger partial charge in [-0.1, -0.05) is 23.7 Å². The Morgan fingerprint density at radius 1 is 0.969 bits per heavy atom. The minimum Gasteiger partial charge on any atom is -0.327 e. The molecule has 1 amide bonds. The maximum Gasteiger partial charge on any atom is 0.258 e. The first-order chi connectivity index (χ1) is 14.3. The van der Waals surface area contributed by atoms with Crippen molar-refractivity contribution in [3.63, 3.8) is 0 Å². The van der Waals surface area contributed by atoms with Crippen molar-refractivity contribution in [2.75, 3.05) is 11.9 Å². The SMILES string of the molecule is Cl.Cl.NC/C=C(\Cl)c1ccncc1NC(=O)c1ccc(F)c(-c2c(F)cccc2F)c1F. The predicted octanol–water partition coefficient (Wildman–Crippen LogP) is 5.94. The van der Waals surface area contributed by atoms with Crippen LogP contribution in [0.4, 0.5) is 23.2 Å². The highest BCUT2D eigenvalue weighted by molar-refractivity contribution is 6.49. The highest BCUT2D eigenvalue weighted by Gasteiger charge is 2.25. The van der Waals surface area contributed by atoms with Gasteiger partial charge in [-0.2, -0.15) is 0 Å². The number of carbonyl (C=O) groups excluding carboxylic acids is 1. The summed E-state index contributed by atoms with van der Waals surface area (Å²) in [6.07, 6.45) is 4.19. The number of nitrogens with two attached hydrogens (primary N) is 1. The second-order valence-electron chi connectivity index (χ2n) is 6.04. The van der Waals surface area contributed by atoms with E-state index in [0.717, 1.165) is 30.3 Å². The molecule has 0 spiro atoms. The average molecular weight is 509 g/mol. The number of carbonyl (C=O) groups is 1. The van der Waals surface area contributed by atoms with E-state index in [2.05, 4.69) is 10.3 Å². The van der Waals surface area contributed by atoms with E-state index in [9.17, 15) is 18.0 Å². The lowest BCUT2D eigenvalue weighted by Crippen LogP contribution is -2.16. The van der Waals surface area contributed by atoms with Crippen LogP contribution in [0, 0.1) is 23.3 Å². The normalized spacial score (nSPS) is 10.8. The summed E-state index contributed by atoms with van der Waals surface area (Å²) in [6, 6.07) is 5.91. The van der Waals surface area contributed by atoms with Crippen LogP contribution in [0.5, 0.6) is 0 Å². The third-order valence-corrected chi connectivity index (χ3v) is 4.53. The second kappa shape index (κ2) is 11.8. The molecule has 0 saturated heterocycles. The van der Waals surface area contributed by atoms with Gasteiger partial charge in [0, 0.05) is 23.3 Å². The van der Waals surface area contributed by atoms with Crippen molar-refractivity contribution in [1.29, 1.82) is 0 Å². The van der Waals surface area contributed by atoms with E-state index in [-0.39, 0.29) is 42.1 Å². The van der Waals surface area contributed by atoms with Crippen molar-refractivity contribution in [2.45, 2.75) is 0 Å². The molecule has 0 fully saturated rings. The van der Waals surface area contributed by atoms with Gasteiger partial charge in [-0.05, 0) is 30.3 Å². The number of pyridine rings is 1. The molecule has 2 aromatic carbocycles. The van der Waals surface area contributed by atoms with Crippen LogP contribution in [0.3, 0.4) is 0 Å². The topological polar surface area (TPSA) is 68.0 Å². The van der Waals surface area contributed by atoms with Crippen LogP contribution in [0.1, 0.15) is 15.9 Å². The van der Waals surface area contributed by atoms with Crippen molar-refractivity contribution < 1.29 is 22.4 Å². The third kappa shape index (κ3) is 5.58. The van der Waals surface area contributed by atoms with Crippen LogP contribution in [-0.2, 0) is 0 Å². The Morgan fingerprint density at radius 2 is 1.59 bits per heavy atom. The molecule has 170 valence electrons. The first-order valence-corrected chi connectivity index (χ1v) is 8.96. The van der Waals surface area contributed by atoms with E-state index in [4.69, 9.17) is 17.3 Å². The van der Waals surface area contributed by atoms with Gasteiger partial charge in [-0.3, -0.25) is 9.78 Å². The number of hydrogen-bond acceptors (Lipinski definition) is 3. The molecule has 3 aromatic rings. The van der Waals surface area contributed by atoms with Crippen molar-refractivity contribution >= 4 is 53.0 Å². The van der Waals surface area contributed by atoms with Crippen LogP contribution in [0.25, 0.3) is 16.2 Å². The molecule has 0 bridgehead atoms. The molecule has 0 saturated carbocycles. The maximum atomic E-state index is 15.0. The van der Waals surface area contributed by atoms with Gasteiger partial charge in [0.1, 0.15) is 23.3 Å². The van der Waals surface area contributed by atoms with Crippen molar-refractivity contribution in [3.05, 3.63) is 89.3 Å². The van der Waals surface area contributed by atoms with Gasteiger partial charge in [0.2, 0.25) is 0 Å². The second-order valence-corrected chi connectivity index (χ2v) is 6.45. The van der Waals surface area contributed by atoms with Gasteiger partial charge in [0.25, 0.3) is 5.91 Å². The van der Waals surface area contributed by atoms with Gasteiger partial charge >= 0.3 is 0 Å². The lowest BCUT2D eigenvalue weighted by Gasteiger charge is -2.13. The number of amides is 1. The molecule has 0 atom stereocenters. The van der Waals surface area contributed by atoms with Crippen LogP contribution in [0.15, 0.2) is 54.9 Å². The zero-order valence-corrected chi connectivity index (χ0v) is 18.4. The fourth-order valence-corrected chi connectivity index (χ4v) is 3.05. The highest BCUT2D eigenvalue weighted by atomic mass is 35.5. The van der Waals surface area contributed by atoms with Gasteiger partial charge < -0.3 is 11.1 Å². The Labute approximate surface area is 198 Å². The Hall–Kier alpha value is -2.65. The first kappa shape index (κ1) is 27.4. The van der Waals surface area contributed by atoms with Crippen LogP contribution in [-0.4, -0.2) is 17.4 Å². The molecule has 4 nitrogen and oxygen atoms in total. The van der Waals surface area contributed by atoms with E-state index in [1.807, 2.05) is 0 Å². The molecule has 1 heterocycles. The largest absolute Gasteiger partial charge is 0.327 e. The Kier molecular flexibility index (Phi) is 10.1. The van der Waals surface area contributed by atoms with Gasteiger partial charge in [-0.25, -0.2) is 17.6 Å². The minimum absolute atomic E-state index is 0.